The summed E-state index contributed by atoms with van der Waals surface area (Å²) in [5.74, 6) is -0.446. The molecule has 0 aliphatic carbocycles. The number of aromatic nitrogens is 2. The number of nitrogens with zero attached hydrogens (tertiary/aromatic N) is 1. The van der Waals surface area contributed by atoms with Crippen molar-refractivity contribution in [3.05, 3.63) is 28.8 Å². The maximum absolute atomic E-state index is 13.1. The van der Waals surface area contributed by atoms with Crippen molar-refractivity contribution in [1.29, 1.82) is 0 Å². The molecule has 7 heteroatoms. The summed E-state index contributed by atoms with van der Waals surface area (Å²) in [6, 6.07) is 2.65. The number of aromatic amines is 1. The molecule has 0 aliphatic rings. The third-order valence-corrected chi connectivity index (χ3v) is 2.72. The highest BCUT2D eigenvalue weighted by Crippen LogP contribution is 2.38. The van der Waals surface area contributed by atoms with Crippen LogP contribution in [0.4, 0.5) is 4.39 Å². The normalized spacial score (nSPS) is 12.3. The van der Waals surface area contributed by atoms with Crippen LogP contribution in [-0.2, 0) is 3.79 Å². The second-order valence-corrected chi connectivity index (χ2v) is 5.50. The highest BCUT2D eigenvalue weighted by molar-refractivity contribution is 6.66. The van der Waals surface area contributed by atoms with Crippen LogP contribution in [0.5, 0.6) is 0 Å². The third-order valence-electron chi connectivity index (χ3n) is 1.82. The topological polar surface area (TPSA) is 28.7 Å². The van der Waals surface area contributed by atoms with Crippen molar-refractivity contribution in [3.63, 3.8) is 0 Å². The standard InChI is InChI=1S/C8H3Cl4FN2/c9-5-3(13)1-2-4-6(5)15-7(14-4)8(10,11)12/h1-2H,(H,14,15). The fraction of sp³-hybridized carbons (Fsp3) is 0.125. The zero-order valence-corrected chi connectivity index (χ0v) is 10.0. The van der Waals surface area contributed by atoms with Crippen molar-refractivity contribution in [2.45, 2.75) is 3.79 Å². The van der Waals surface area contributed by atoms with Crippen molar-refractivity contribution in [1.82, 2.24) is 9.97 Å². The molecule has 0 atom stereocenters. The quantitative estimate of drug-likeness (QED) is 0.724. The SMILES string of the molecule is Fc1ccc2nc(C(Cl)(Cl)Cl)[nH]c2c1Cl. The molecule has 1 aromatic carbocycles. The minimum atomic E-state index is -1.68. The highest BCUT2D eigenvalue weighted by atomic mass is 35.6. The lowest BCUT2D eigenvalue weighted by molar-refractivity contribution is 0.630. The van der Waals surface area contributed by atoms with E-state index in [4.69, 9.17) is 46.4 Å². The van der Waals surface area contributed by atoms with Crippen LogP contribution >= 0.6 is 46.4 Å². The van der Waals surface area contributed by atoms with Gasteiger partial charge < -0.3 is 4.98 Å². The van der Waals surface area contributed by atoms with Crippen LogP contribution in [0.25, 0.3) is 11.0 Å². The second kappa shape index (κ2) is 3.67. The molecule has 1 heterocycles. The lowest BCUT2D eigenvalue weighted by atomic mass is 10.3. The van der Waals surface area contributed by atoms with Crippen LogP contribution in [0.2, 0.25) is 5.02 Å². The number of fused-ring (bicyclic) bond motifs is 1. The molecular weight excluding hydrogens is 285 g/mol. The molecule has 2 aromatic rings. The summed E-state index contributed by atoms with van der Waals surface area (Å²) in [6.07, 6.45) is 0. The van der Waals surface area contributed by atoms with E-state index in [1.54, 1.807) is 0 Å². The molecule has 0 spiro atoms. The predicted octanol–water partition coefficient (Wildman–Crippen LogP) is 4.18. The van der Waals surface area contributed by atoms with E-state index in [1.165, 1.54) is 12.1 Å². The van der Waals surface area contributed by atoms with E-state index in [1.807, 2.05) is 0 Å². The van der Waals surface area contributed by atoms with Gasteiger partial charge in [-0.3, -0.25) is 0 Å². The summed E-state index contributed by atoms with van der Waals surface area (Å²) in [4.78, 5) is 6.65. The number of hydrogen-bond acceptors (Lipinski definition) is 1. The molecule has 80 valence electrons. The Morgan fingerprint density at radius 3 is 2.53 bits per heavy atom. The van der Waals surface area contributed by atoms with E-state index in [-0.39, 0.29) is 10.8 Å². The first-order chi connectivity index (χ1) is 6.89. The first-order valence-electron chi connectivity index (χ1n) is 3.80. The number of nitrogens with one attached hydrogen (secondary N) is 1. The zero-order chi connectivity index (χ0) is 11.2. The van der Waals surface area contributed by atoms with Crippen LogP contribution in [-0.4, -0.2) is 9.97 Å². The van der Waals surface area contributed by atoms with Crippen molar-refractivity contribution < 1.29 is 4.39 Å². The van der Waals surface area contributed by atoms with Gasteiger partial charge in [-0.25, -0.2) is 9.37 Å². The molecular formula is C8H3Cl4FN2. The molecule has 0 saturated heterocycles. The molecule has 0 bridgehead atoms. The first kappa shape index (κ1) is 11.3. The van der Waals surface area contributed by atoms with Gasteiger partial charge in [0.2, 0.25) is 3.79 Å². The summed E-state index contributed by atoms with van der Waals surface area (Å²) in [5.41, 5.74) is 0.765. The molecule has 0 fully saturated rings. The lowest BCUT2D eigenvalue weighted by Crippen LogP contribution is -2.02. The molecule has 2 rings (SSSR count). The van der Waals surface area contributed by atoms with Crippen LogP contribution in [0.1, 0.15) is 5.82 Å². The summed E-state index contributed by atoms with van der Waals surface area (Å²) < 4.78 is 11.4. The summed E-state index contributed by atoms with van der Waals surface area (Å²) >= 11 is 22.6. The van der Waals surface area contributed by atoms with Crippen LogP contribution in [0.3, 0.4) is 0 Å². The molecule has 0 aliphatic heterocycles. The number of imidazole rings is 1. The number of H-pyrrole nitrogens is 1. The minimum absolute atomic E-state index is 0.0690. The maximum Gasteiger partial charge on any atom is 0.248 e. The molecule has 0 saturated carbocycles. The number of hydrogen-bond donors (Lipinski definition) is 1. The maximum atomic E-state index is 13.1. The number of benzene rings is 1. The molecule has 0 amide bonds. The lowest BCUT2D eigenvalue weighted by Gasteiger charge is -2.04. The zero-order valence-electron chi connectivity index (χ0n) is 6.99. The van der Waals surface area contributed by atoms with E-state index in [0.717, 1.165) is 0 Å². The average Bonchev–Trinajstić information content (AvgIpc) is 2.55. The number of rotatable bonds is 0. The van der Waals surface area contributed by atoms with Gasteiger partial charge in [-0.05, 0) is 12.1 Å². The predicted molar refractivity (Wildman–Crippen MR) is 60.3 cm³/mol. The number of halogens is 5. The molecule has 0 unspecified atom stereocenters. The van der Waals surface area contributed by atoms with E-state index >= 15 is 0 Å². The van der Waals surface area contributed by atoms with Gasteiger partial charge in [0.25, 0.3) is 0 Å². The van der Waals surface area contributed by atoms with Gasteiger partial charge in [0.05, 0.1) is 11.0 Å². The van der Waals surface area contributed by atoms with Gasteiger partial charge in [0.1, 0.15) is 10.8 Å². The largest absolute Gasteiger partial charge is 0.337 e. The van der Waals surface area contributed by atoms with Crippen molar-refractivity contribution in [3.8, 4) is 0 Å². The Morgan fingerprint density at radius 1 is 1.27 bits per heavy atom. The van der Waals surface area contributed by atoms with E-state index in [0.29, 0.717) is 11.0 Å². The molecule has 1 aromatic heterocycles. The van der Waals surface area contributed by atoms with Crippen molar-refractivity contribution in [2.24, 2.45) is 0 Å². The van der Waals surface area contributed by atoms with Crippen molar-refractivity contribution in [2.75, 3.05) is 0 Å². The fourth-order valence-electron chi connectivity index (χ4n) is 1.15. The van der Waals surface area contributed by atoms with Crippen LogP contribution in [0, 0.1) is 5.82 Å². The Morgan fingerprint density at radius 2 is 1.93 bits per heavy atom. The Bertz CT molecular complexity index is 517. The molecule has 15 heavy (non-hydrogen) atoms. The monoisotopic (exact) mass is 286 g/mol. The van der Waals surface area contributed by atoms with E-state index in [2.05, 4.69) is 9.97 Å². The Balaban J connectivity index is 2.72. The first-order valence-corrected chi connectivity index (χ1v) is 5.31. The second-order valence-electron chi connectivity index (χ2n) is 2.84. The van der Waals surface area contributed by atoms with Gasteiger partial charge in [0, 0.05) is 0 Å². The van der Waals surface area contributed by atoms with Gasteiger partial charge >= 0.3 is 0 Å². The van der Waals surface area contributed by atoms with Gasteiger partial charge in [-0.15, -0.1) is 0 Å². The highest BCUT2D eigenvalue weighted by Gasteiger charge is 2.27. The van der Waals surface area contributed by atoms with Crippen LogP contribution in [0.15, 0.2) is 12.1 Å². The van der Waals surface area contributed by atoms with Crippen molar-refractivity contribution >= 4 is 57.4 Å². The third kappa shape index (κ3) is 2.02. The van der Waals surface area contributed by atoms with Gasteiger partial charge in [0.15, 0.2) is 5.82 Å². The molecule has 0 radical (unpaired) electrons. The Hall–Kier alpha value is -0.220. The Kier molecular flexibility index (Phi) is 2.75. The minimum Gasteiger partial charge on any atom is -0.337 e. The summed E-state index contributed by atoms with van der Waals surface area (Å²) in [6.45, 7) is 0. The Labute approximate surface area is 104 Å². The summed E-state index contributed by atoms with van der Waals surface area (Å²) in [7, 11) is 0. The molecule has 2 nitrogen and oxygen atoms in total. The molecule has 1 N–H and O–H groups in total. The average molecular weight is 288 g/mol. The number of alkyl halides is 3. The van der Waals surface area contributed by atoms with Gasteiger partial charge in [-0.1, -0.05) is 46.4 Å². The van der Waals surface area contributed by atoms with E-state index in [9.17, 15) is 4.39 Å². The summed E-state index contributed by atoms with van der Waals surface area (Å²) in [5, 5.41) is -0.0690. The fourth-order valence-corrected chi connectivity index (χ4v) is 1.63. The van der Waals surface area contributed by atoms with E-state index < -0.39 is 9.61 Å². The van der Waals surface area contributed by atoms with Gasteiger partial charge in [-0.2, -0.15) is 0 Å². The van der Waals surface area contributed by atoms with Crippen LogP contribution < -0.4 is 0 Å². The smallest absolute Gasteiger partial charge is 0.248 e.